The number of benzene rings is 1. The Labute approximate surface area is 147 Å². The molecule has 6 nitrogen and oxygen atoms in total. The molecule has 1 aromatic heterocycles. The second kappa shape index (κ2) is 6.98. The lowest BCUT2D eigenvalue weighted by molar-refractivity contribution is -0.126. The minimum Gasteiger partial charge on any atom is -0.360 e. The molecule has 8 heteroatoms. The first kappa shape index (κ1) is 16.4. The lowest BCUT2D eigenvalue weighted by atomic mass is 10.2. The molecule has 122 valence electrons. The zero-order valence-electron chi connectivity index (χ0n) is 12.7. The van der Waals surface area contributed by atoms with Crippen molar-refractivity contribution in [3.63, 3.8) is 0 Å². The van der Waals surface area contributed by atoms with Gasteiger partial charge in [-0.05, 0) is 18.6 Å². The molecule has 1 fully saturated rings. The molecule has 0 unspecified atom stereocenters. The van der Waals surface area contributed by atoms with Crippen molar-refractivity contribution in [1.82, 2.24) is 10.1 Å². The van der Waals surface area contributed by atoms with E-state index >= 15 is 0 Å². The number of nitrogens with zero attached hydrogens (tertiary/aromatic N) is 2. The number of thiocarbonyl (C=S) groups is 1. The molecule has 24 heavy (non-hydrogen) atoms. The maximum absolute atomic E-state index is 12.4. The third kappa shape index (κ3) is 3.72. The molecule has 2 heterocycles. The molecule has 2 amide bonds. The summed E-state index contributed by atoms with van der Waals surface area (Å²) in [6.07, 6.45) is 1.76. The smallest absolute Gasteiger partial charge is 0.266 e. The zero-order valence-corrected chi connectivity index (χ0v) is 14.3. The first-order valence-corrected chi connectivity index (χ1v) is 8.29. The number of hydrogen-bond donors (Lipinski definition) is 1. The fourth-order valence-electron chi connectivity index (χ4n) is 2.09. The van der Waals surface area contributed by atoms with Crippen LogP contribution in [0.1, 0.15) is 11.3 Å². The third-order valence-electron chi connectivity index (χ3n) is 3.17. The Morgan fingerprint density at radius 1 is 1.42 bits per heavy atom. The number of aryl methyl sites for hydroxylation is 1. The molecule has 1 aliphatic rings. The van der Waals surface area contributed by atoms with E-state index in [0.29, 0.717) is 20.8 Å². The van der Waals surface area contributed by atoms with Gasteiger partial charge in [-0.2, -0.15) is 0 Å². The SMILES string of the molecule is Cc1cc(NC(=O)CN2C(=O)/C(=C\c3ccccc3)SC2=S)no1. The minimum atomic E-state index is -0.388. The molecule has 1 aliphatic heterocycles. The Morgan fingerprint density at radius 3 is 2.83 bits per heavy atom. The monoisotopic (exact) mass is 359 g/mol. The molecule has 3 rings (SSSR count). The molecule has 1 saturated heterocycles. The molecule has 2 aromatic rings. The molecule has 0 bridgehead atoms. The van der Waals surface area contributed by atoms with Crippen LogP contribution in [0, 0.1) is 6.92 Å². The van der Waals surface area contributed by atoms with Crippen LogP contribution >= 0.6 is 24.0 Å². The second-order valence-electron chi connectivity index (χ2n) is 5.05. The van der Waals surface area contributed by atoms with Gasteiger partial charge < -0.3 is 9.84 Å². The van der Waals surface area contributed by atoms with E-state index in [9.17, 15) is 9.59 Å². The van der Waals surface area contributed by atoms with E-state index < -0.39 is 0 Å². The van der Waals surface area contributed by atoms with E-state index in [1.807, 2.05) is 30.3 Å². The van der Waals surface area contributed by atoms with Gasteiger partial charge in [0, 0.05) is 6.07 Å². The van der Waals surface area contributed by atoms with E-state index in [0.717, 1.165) is 5.56 Å². The summed E-state index contributed by atoms with van der Waals surface area (Å²) < 4.78 is 5.23. The summed E-state index contributed by atoms with van der Waals surface area (Å²) >= 11 is 6.39. The summed E-state index contributed by atoms with van der Waals surface area (Å²) in [5, 5.41) is 6.25. The molecule has 0 saturated carbocycles. The van der Waals surface area contributed by atoms with Gasteiger partial charge in [-0.15, -0.1) is 0 Å². The second-order valence-corrected chi connectivity index (χ2v) is 6.73. The van der Waals surface area contributed by atoms with Gasteiger partial charge in [0.25, 0.3) is 5.91 Å². The van der Waals surface area contributed by atoms with Gasteiger partial charge in [0.1, 0.15) is 16.6 Å². The van der Waals surface area contributed by atoms with Gasteiger partial charge in [-0.1, -0.05) is 59.5 Å². The van der Waals surface area contributed by atoms with Crippen molar-refractivity contribution < 1.29 is 14.1 Å². The van der Waals surface area contributed by atoms with Crippen molar-refractivity contribution >= 4 is 52.0 Å². The fraction of sp³-hybridized carbons (Fsp3) is 0.125. The number of thioether (sulfide) groups is 1. The maximum atomic E-state index is 12.4. The molecular formula is C16H13N3O3S2. The number of amides is 2. The summed E-state index contributed by atoms with van der Waals surface area (Å²) in [5.74, 6) is 0.227. The lowest BCUT2D eigenvalue weighted by Gasteiger charge is -2.13. The zero-order chi connectivity index (χ0) is 17.1. The Morgan fingerprint density at radius 2 is 2.17 bits per heavy atom. The highest BCUT2D eigenvalue weighted by Gasteiger charge is 2.33. The largest absolute Gasteiger partial charge is 0.360 e. The van der Waals surface area contributed by atoms with Crippen LogP contribution in [0.15, 0.2) is 45.8 Å². The van der Waals surface area contributed by atoms with Crippen molar-refractivity contribution in [3.05, 3.63) is 52.6 Å². The summed E-state index contributed by atoms with van der Waals surface area (Å²) in [5.41, 5.74) is 0.903. The van der Waals surface area contributed by atoms with Crippen LogP contribution in [-0.4, -0.2) is 32.7 Å². The van der Waals surface area contributed by atoms with Gasteiger partial charge >= 0.3 is 0 Å². The average Bonchev–Trinajstić information content (AvgIpc) is 3.07. The van der Waals surface area contributed by atoms with Crippen LogP contribution < -0.4 is 5.32 Å². The summed E-state index contributed by atoms with van der Waals surface area (Å²) in [7, 11) is 0. The maximum Gasteiger partial charge on any atom is 0.266 e. The molecular weight excluding hydrogens is 346 g/mol. The van der Waals surface area contributed by atoms with Gasteiger partial charge in [0.2, 0.25) is 5.91 Å². The normalized spacial score (nSPS) is 16.0. The number of rotatable bonds is 4. The molecule has 1 N–H and O–H groups in total. The highest BCUT2D eigenvalue weighted by molar-refractivity contribution is 8.26. The molecule has 1 aromatic carbocycles. The van der Waals surface area contributed by atoms with Crippen molar-refractivity contribution in [3.8, 4) is 0 Å². The van der Waals surface area contributed by atoms with Gasteiger partial charge in [-0.25, -0.2) is 0 Å². The molecule has 0 radical (unpaired) electrons. The van der Waals surface area contributed by atoms with Crippen molar-refractivity contribution in [2.75, 3.05) is 11.9 Å². The Bertz CT molecular complexity index is 830. The van der Waals surface area contributed by atoms with Crippen LogP contribution in [0.4, 0.5) is 5.82 Å². The van der Waals surface area contributed by atoms with Gasteiger partial charge in [0.05, 0.1) is 4.91 Å². The molecule has 0 spiro atoms. The Hall–Kier alpha value is -2.45. The van der Waals surface area contributed by atoms with E-state index in [1.54, 1.807) is 19.1 Å². The van der Waals surface area contributed by atoms with Gasteiger partial charge in [-0.3, -0.25) is 14.5 Å². The fourth-order valence-corrected chi connectivity index (χ4v) is 3.34. The van der Waals surface area contributed by atoms with Crippen molar-refractivity contribution in [2.45, 2.75) is 6.92 Å². The predicted molar refractivity (Wildman–Crippen MR) is 96.2 cm³/mol. The van der Waals surface area contributed by atoms with Crippen LogP contribution in [0.2, 0.25) is 0 Å². The van der Waals surface area contributed by atoms with E-state index in [4.69, 9.17) is 16.7 Å². The summed E-state index contributed by atoms with van der Waals surface area (Å²) in [6.45, 7) is 1.56. The van der Waals surface area contributed by atoms with Crippen LogP contribution in [-0.2, 0) is 9.59 Å². The molecule has 0 atom stereocenters. The first-order valence-electron chi connectivity index (χ1n) is 7.06. The van der Waals surface area contributed by atoms with Crippen LogP contribution in [0.25, 0.3) is 6.08 Å². The molecule has 0 aliphatic carbocycles. The number of hydrogen-bond acceptors (Lipinski definition) is 6. The first-order chi connectivity index (χ1) is 11.5. The minimum absolute atomic E-state index is 0.164. The van der Waals surface area contributed by atoms with Crippen molar-refractivity contribution in [2.24, 2.45) is 0 Å². The van der Waals surface area contributed by atoms with E-state index in [-0.39, 0.29) is 18.4 Å². The third-order valence-corrected chi connectivity index (χ3v) is 4.55. The topological polar surface area (TPSA) is 75.4 Å². The quantitative estimate of drug-likeness (QED) is 0.668. The van der Waals surface area contributed by atoms with E-state index in [2.05, 4.69) is 10.5 Å². The van der Waals surface area contributed by atoms with E-state index in [1.165, 1.54) is 16.7 Å². The van der Waals surface area contributed by atoms with Crippen LogP contribution in [0.5, 0.6) is 0 Å². The number of carbonyl (C=O) groups excluding carboxylic acids is 2. The van der Waals surface area contributed by atoms with Crippen LogP contribution in [0.3, 0.4) is 0 Å². The summed E-state index contributed by atoms with van der Waals surface area (Å²) in [6, 6.07) is 11.1. The predicted octanol–water partition coefficient (Wildman–Crippen LogP) is 2.82. The number of nitrogens with one attached hydrogen (secondary N) is 1. The van der Waals surface area contributed by atoms with Gasteiger partial charge in [0.15, 0.2) is 5.82 Å². The highest BCUT2D eigenvalue weighted by Crippen LogP contribution is 2.32. The highest BCUT2D eigenvalue weighted by atomic mass is 32.2. The average molecular weight is 359 g/mol. The summed E-state index contributed by atoms with van der Waals surface area (Å²) in [4.78, 5) is 26.3. The standard InChI is InChI=1S/C16H13N3O3S2/c1-10-7-13(18-22-10)17-14(20)9-19-15(21)12(24-16(19)23)8-11-5-3-2-4-6-11/h2-8H,9H2,1H3,(H,17,18,20)/b12-8+. The number of anilines is 1. The Balaban J connectivity index is 1.68. The Kier molecular flexibility index (Phi) is 4.77. The number of aromatic nitrogens is 1. The lowest BCUT2D eigenvalue weighted by Crippen LogP contribution is -2.36. The number of carbonyl (C=O) groups is 2. The van der Waals surface area contributed by atoms with Crippen molar-refractivity contribution in [1.29, 1.82) is 0 Å².